The Morgan fingerprint density at radius 2 is 1.59 bits per heavy atom. The third kappa shape index (κ3) is 2.71. The molecule has 0 aliphatic carbocycles. The molecule has 1 N–H and O–H groups in total. The van der Waals surface area contributed by atoms with Crippen molar-refractivity contribution in [3.05, 3.63) is 72.3 Å². The van der Waals surface area contributed by atoms with Crippen LogP contribution >= 0.6 is 0 Å². The van der Waals surface area contributed by atoms with Crippen molar-refractivity contribution in [1.29, 1.82) is 0 Å². The summed E-state index contributed by atoms with van der Waals surface area (Å²) in [5.74, 6) is 0. The second-order valence-corrected chi connectivity index (χ2v) is 6.48. The molecule has 0 aliphatic rings. The maximum absolute atomic E-state index is 12.6. The quantitative estimate of drug-likeness (QED) is 0.751. The number of hydrogen-bond donors (Lipinski definition) is 1. The minimum atomic E-state index is -3.73. The summed E-state index contributed by atoms with van der Waals surface area (Å²) in [6.45, 7) is 0. The predicted molar refractivity (Wildman–Crippen MR) is 86.6 cm³/mol. The Balaban J connectivity index is 2.06. The van der Waals surface area contributed by atoms with Crippen LogP contribution in [0.1, 0.15) is 10.4 Å². The lowest BCUT2D eigenvalue weighted by Gasteiger charge is -2.10. The zero-order valence-electron chi connectivity index (χ0n) is 11.6. The molecule has 0 heterocycles. The summed E-state index contributed by atoms with van der Waals surface area (Å²) >= 11 is 0. The van der Waals surface area contributed by atoms with E-state index >= 15 is 0 Å². The molecule has 0 fully saturated rings. The van der Waals surface area contributed by atoms with E-state index in [0.29, 0.717) is 22.9 Å². The number of aldehydes is 1. The standard InChI is InChI=1S/C17H13NO3S/c19-12-13-5-3-8-15(11-13)18-22(20,21)17-10-4-7-14-6-1-2-9-16(14)17/h1-12,18H. The van der Waals surface area contributed by atoms with Crippen LogP contribution in [0.25, 0.3) is 10.8 Å². The van der Waals surface area contributed by atoms with Gasteiger partial charge < -0.3 is 0 Å². The highest BCUT2D eigenvalue weighted by molar-refractivity contribution is 7.93. The fourth-order valence-corrected chi connectivity index (χ4v) is 3.60. The third-order valence-corrected chi connectivity index (χ3v) is 4.75. The highest BCUT2D eigenvalue weighted by Gasteiger charge is 2.17. The van der Waals surface area contributed by atoms with Gasteiger partial charge in [-0.05, 0) is 23.6 Å². The fraction of sp³-hybridized carbons (Fsp3) is 0. The molecule has 5 heteroatoms. The molecule has 0 aromatic heterocycles. The SMILES string of the molecule is O=Cc1cccc(NS(=O)(=O)c2cccc3ccccc23)c1. The van der Waals surface area contributed by atoms with Crippen molar-refractivity contribution in [2.24, 2.45) is 0 Å². The molecule has 0 unspecified atom stereocenters. The Hall–Kier alpha value is -2.66. The van der Waals surface area contributed by atoms with Gasteiger partial charge in [0.15, 0.2) is 0 Å². The van der Waals surface area contributed by atoms with Gasteiger partial charge in [-0.3, -0.25) is 9.52 Å². The van der Waals surface area contributed by atoms with Gasteiger partial charge in [0.25, 0.3) is 10.0 Å². The van der Waals surface area contributed by atoms with E-state index in [4.69, 9.17) is 0 Å². The number of fused-ring (bicyclic) bond motifs is 1. The molecule has 3 rings (SSSR count). The van der Waals surface area contributed by atoms with Gasteiger partial charge in [-0.15, -0.1) is 0 Å². The Kier molecular flexibility index (Phi) is 3.65. The minimum Gasteiger partial charge on any atom is -0.298 e. The van der Waals surface area contributed by atoms with Crippen LogP contribution in [0, 0.1) is 0 Å². The molecule has 0 atom stereocenters. The van der Waals surface area contributed by atoms with E-state index in [1.807, 2.05) is 18.2 Å². The molecular weight excluding hydrogens is 298 g/mol. The van der Waals surface area contributed by atoms with E-state index in [0.717, 1.165) is 5.39 Å². The molecular formula is C17H13NO3S. The molecule has 4 nitrogen and oxygen atoms in total. The molecule has 22 heavy (non-hydrogen) atoms. The molecule has 0 saturated heterocycles. The van der Waals surface area contributed by atoms with Gasteiger partial charge >= 0.3 is 0 Å². The average Bonchev–Trinajstić information content (AvgIpc) is 2.54. The number of benzene rings is 3. The van der Waals surface area contributed by atoms with Gasteiger partial charge in [-0.25, -0.2) is 8.42 Å². The Morgan fingerprint density at radius 3 is 2.41 bits per heavy atom. The van der Waals surface area contributed by atoms with Crippen LogP contribution in [0.4, 0.5) is 5.69 Å². The fourth-order valence-electron chi connectivity index (χ4n) is 2.32. The number of sulfonamides is 1. The lowest BCUT2D eigenvalue weighted by atomic mass is 10.1. The van der Waals surface area contributed by atoms with Gasteiger partial charge in [-0.2, -0.15) is 0 Å². The van der Waals surface area contributed by atoms with Crippen molar-refractivity contribution < 1.29 is 13.2 Å². The zero-order chi connectivity index (χ0) is 15.6. The Bertz CT molecular complexity index is 944. The van der Waals surface area contributed by atoms with Crippen molar-refractivity contribution in [2.75, 3.05) is 4.72 Å². The van der Waals surface area contributed by atoms with Gasteiger partial charge in [0.1, 0.15) is 6.29 Å². The molecule has 0 bridgehead atoms. The average molecular weight is 311 g/mol. The first-order valence-electron chi connectivity index (χ1n) is 6.66. The Labute approximate surface area is 128 Å². The summed E-state index contributed by atoms with van der Waals surface area (Å²) in [5.41, 5.74) is 0.774. The molecule has 110 valence electrons. The summed E-state index contributed by atoms with van der Waals surface area (Å²) < 4.78 is 27.7. The molecule has 0 aliphatic heterocycles. The van der Waals surface area contributed by atoms with Gasteiger partial charge in [0.05, 0.1) is 4.90 Å². The number of carbonyl (C=O) groups excluding carboxylic acids is 1. The Morgan fingerprint density at radius 1 is 0.864 bits per heavy atom. The number of anilines is 1. The zero-order valence-corrected chi connectivity index (χ0v) is 12.4. The number of rotatable bonds is 4. The van der Waals surface area contributed by atoms with Crippen LogP contribution in [0.5, 0.6) is 0 Å². The van der Waals surface area contributed by atoms with E-state index < -0.39 is 10.0 Å². The van der Waals surface area contributed by atoms with E-state index in [9.17, 15) is 13.2 Å². The summed E-state index contributed by atoms with van der Waals surface area (Å²) in [4.78, 5) is 11.0. The molecule has 3 aromatic rings. The maximum Gasteiger partial charge on any atom is 0.262 e. The number of nitrogens with one attached hydrogen (secondary N) is 1. The van der Waals surface area contributed by atoms with Crippen LogP contribution < -0.4 is 4.72 Å². The van der Waals surface area contributed by atoms with Crippen molar-refractivity contribution in [3.8, 4) is 0 Å². The first-order chi connectivity index (χ1) is 10.6. The lowest BCUT2D eigenvalue weighted by molar-refractivity contribution is 0.112. The topological polar surface area (TPSA) is 63.2 Å². The molecule has 0 spiro atoms. The van der Waals surface area contributed by atoms with Crippen LogP contribution in [-0.4, -0.2) is 14.7 Å². The summed E-state index contributed by atoms with van der Waals surface area (Å²) in [6, 6.07) is 18.8. The van der Waals surface area contributed by atoms with Gasteiger partial charge in [0, 0.05) is 16.6 Å². The molecule has 0 radical (unpaired) electrons. The highest BCUT2D eigenvalue weighted by Crippen LogP contribution is 2.25. The summed E-state index contributed by atoms with van der Waals surface area (Å²) in [7, 11) is -3.73. The second-order valence-electron chi connectivity index (χ2n) is 4.83. The minimum absolute atomic E-state index is 0.210. The van der Waals surface area contributed by atoms with Crippen LogP contribution in [0.2, 0.25) is 0 Å². The van der Waals surface area contributed by atoms with E-state index in [2.05, 4.69) is 4.72 Å². The van der Waals surface area contributed by atoms with E-state index in [1.165, 1.54) is 6.07 Å². The van der Waals surface area contributed by atoms with Crippen LogP contribution in [-0.2, 0) is 10.0 Å². The van der Waals surface area contributed by atoms with Crippen molar-refractivity contribution in [1.82, 2.24) is 0 Å². The summed E-state index contributed by atoms with van der Waals surface area (Å²) in [6.07, 6.45) is 0.676. The lowest BCUT2D eigenvalue weighted by Crippen LogP contribution is -2.13. The summed E-state index contributed by atoms with van der Waals surface area (Å²) in [5, 5.41) is 1.51. The largest absolute Gasteiger partial charge is 0.298 e. The van der Waals surface area contributed by atoms with Crippen molar-refractivity contribution in [2.45, 2.75) is 4.90 Å². The maximum atomic E-state index is 12.6. The third-order valence-electron chi connectivity index (χ3n) is 3.31. The van der Waals surface area contributed by atoms with Gasteiger partial charge in [-0.1, -0.05) is 48.5 Å². The first-order valence-corrected chi connectivity index (χ1v) is 8.14. The monoisotopic (exact) mass is 311 g/mol. The van der Waals surface area contributed by atoms with Crippen LogP contribution in [0.3, 0.4) is 0 Å². The molecule has 3 aromatic carbocycles. The molecule has 0 amide bonds. The van der Waals surface area contributed by atoms with E-state index in [1.54, 1.807) is 42.5 Å². The van der Waals surface area contributed by atoms with E-state index in [-0.39, 0.29) is 4.90 Å². The number of carbonyl (C=O) groups is 1. The van der Waals surface area contributed by atoms with Crippen molar-refractivity contribution >= 4 is 32.8 Å². The van der Waals surface area contributed by atoms with Crippen molar-refractivity contribution in [3.63, 3.8) is 0 Å². The first kappa shape index (κ1) is 14.3. The van der Waals surface area contributed by atoms with Crippen LogP contribution in [0.15, 0.2) is 71.6 Å². The highest BCUT2D eigenvalue weighted by atomic mass is 32.2. The second kappa shape index (κ2) is 5.61. The normalized spacial score (nSPS) is 11.3. The van der Waals surface area contributed by atoms with Gasteiger partial charge in [0.2, 0.25) is 0 Å². The predicted octanol–water partition coefficient (Wildman–Crippen LogP) is 3.45. The molecule has 0 saturated carbocycles. The smallest absolute Gasteiger partial charge is 0.262 e. The number of hydrogen-bond acceptors (Lipinski definition) is 3.